The molecule has 1 heterocycles. The lowest BCUT2D eigenvalue weighted by Gasteiger charge is -2.27. The molecule has 2 nitrogen and oxygen atoms in total. The van der Waals surface area contributed by atoms with E-state index in [0.29, 0.717) is 16.5 Å². The van der Waals surface area contributed by atoms with Crippen LogP contribution in [0.4, 0.5) is 4.39 Å². The minimum absolute atomic E-state index is 0.00948. The fraction of sp³-hybridized carbons (Fsp3) is 0.571. The van der Waals surface area contributed by atoms with Crippen molar-refractivity contribution in [3.63, 3.8) is 0 Å². The molecule has 0 aliphatic carbocycles. The standard InChI is InChI=1S/C14H19ClFNO/c1-3-17-14(11-6-7-18-9(11)2)12-5-4-10(15)8-13(12)16/h4-5,8-9,11,14,17H,3,6-7H2,1-2H3. The Morgan fingerprint density at radius 1 is 1.56 bits per heavy atom. The van der Waals surface area contributed by atoms with E-state index in [-0.39, 0.29) is 18.0 Å². The summed E-state index contributed by atoms with van der Waals surface area (Å²) in [6.07, 6.45) is 1.12. The highest BCUT2D eigenvalue weighted by Crippen LogP contribution is 2.34. The largest absolute Gasteiger partial charge is 0.378 e. The summed E-state index contributed by atoms with van der Waals surface area (Å²) in [5, 5.41) is 3.80. The molecule has 1 N–H and O–H groups in total. The molecular formula is C14H19ClFNO. The van der Waals surface area contributed by atoms with E-state index in [1.807, 2.05) is 6.92 Å². The Morgan fingerprint density at radius 2 is 2.33 bits per heavy atom. The van der Waals surface area contributed by atoms with Crippen molar-refractivity contribution < 1.29 is 9.13 Å². The van der Waals surface area contributed by atoms with E-state index in [1.54, 1.807) is 12.1 Å². The van der Waals surface area contributed by atoms with Crippen molar-refractivity contribution in [3.05, 3.63) is 34.6 Å². The second kappa shape index (κ2) is 6.00. The third-order valence-electron chi connectivity index (χ3n) is 3.58. The maximum Gasteiger partial charge on any atom is 0.129 e. The lowest BCUT2D eigenvalue weighted by Crippen LogP contribution is -2.32. The first kappa shape index (κ1) is 13.8. The molecule has 1 saturated heterocycles. The number of rotatable bonds is 4. The predicted octanol–water partition coefficient (Wildman–Crippen LogP) is 3.55. The SMILES string of the molecule is CCNC(c1ccc(Cl)cc1F)C1CCOC1C. The van der Waals surface area contributed by atoms with E-state index >= 15 is 0 Å². The van der Waals surface area contributed by atoms with E-state index in [1.165, 1.54) is 6.07 Å². The van der Waals surface area contributed by atoms with Crippen LogP contribution in [0.5, 0.6) is 0 Å². The molecule has 3 unspecified atom stereocenters. The maximum absolute atomic E-state index is 14.0. The van der Waals surface area contributed by atoms with E-state index in [9.17, 15) is 4.39 Å². The summed E-state index contributed by atoms with van der Waals surface area (Å²) in [7, 11) is 0. The number of nitrogens with one attached hydrogen (secondary N) is 1. The van der Waals surface area contributed by atoms with Crippen LogP contribution in [0.1, 0.15) is 31.9 Å². The fourth-order valence-corrected chi connectivity index (χ4v) is 2.81. The zero-order valence-electron chi connectivity index (χ0n) is 10.7. The van der Waals surface area contributed by atoms with Crippen molar-refractivity contribution in [2.24, 2.45) is 5.92 Å². The number of benzene rings is 1. The summed E-state index contributed by atoms with van der Waals surface area (Å²) in [6.45, 7) is 5.63. The molecule has 1 fully saturated rings. The van der Waals surface area contributed by atoms with Crippen molar-refractivity contribution in [3.8, 4) is 0 Å². The van der Waals surface area contributed by atoms with Gasteiger partial charge in [-0.1, -0.05) is 24.6 Å². The molecular weight excluding hydrogens is 253 g/mol. The first-order valence-electron chi connectivity index (χ1n) is 6.43. The summed E-state index contributed by atoms with van der Waals surface area (Å²) in [5.41, 5.74) is 0.684. The van der Waals surface area contributed by atoms with E-state index in [4.69, 9.17) is 16.3 Å². The molecule has 1 aromatic rings. The first-order chi connectivity index (χ1) is 8.63. The zero-order valence-corrected chi connectivity index (χ0v) is 11.5. The lowest BCUT2D eigenvalue weighted by molar-refractivity contribution is 0.0951. The average molecular weight is 272 g/mol. The Bertz CT molecular complexity index is 413. The Hall–Kier alpha value is -0.640. The fourth-order valence-electron chi connectivity index (χ4n) is 2.65. The van der Waals surface area contributed by atoms with Crippen LogP contribution in [0, 0.1) is 11.7 Å². The number of hydrogen-bond acceptors (Lipinski definition) is 2. The number of ether oxygens (including phenoxy) is 1. The van der Waals surface area contributed by atoms with Gasteiger partial charge in [-0.2, -0.15) is 0 Å². The molecule has 0 bridgehead atoms. The summed E-state index contributed by atoms with van der Waals surface area (Å²) >= 11 is 5.80. The molecule has 2 rings (SSSR count). The van der Waals surface area contributed by atoms with Crippen LogP contribution in [-0.4, -0.2) is 19.3 Å². The van der Waals surface area contributed by atoms with Crippen LogP contribution in [0.2, 0.25) is 5.02 Å². The van der Waals surface area contributed by atoms with Crippen molar-refractivity contribution in [2.45, 2.75) is 32.4 Å². The molecule has 4 heteroatoms. The van der Waals surface area contributed by atoms with Gasteiger partial charge in [0.05, 0.1) is 6.10 Å². The number of hydrogen-bond donors (Lipinski definition) is 1. The van der Waals surface area contributed by atoms with Gasteiger partial charge in [-0.3, -0.25) is 0 Å². The monoisotopic (exact) mass is 271 g/mol. The highest BCUT2D eigenvalue weighted by atomic mass is 35.5. The summed E-state index contributed by atoms with van der Waals surface area (Å²) in [6, 6.07) is 4.88. The van der Waals surface area contributed by atoms with Crippen molar-refractivity contribution in [1.82, 2.24) is 5.32 Å². The molecule has 18 heavy (non-hydrogen) atoms. The van der Waals surface area contributed by atoms with Gasteiger partial charge in [-0.25, -0.2) is 4.39 Å². The molecule has 0 spiro atoms. The molecule has 0 amide bonds. The van der Waals surface area contributed by atoms with E-state index in [0.717, 1.165) is 19.6 Å². The molecule has 1 aliphatic rings. The predicted molar refractivity (Wildman–Crippen MR) is 71.3 cm³/mol. The van der Waals surface area contributed by atoms with Crippen LogP contribution in [-0.2, 0) is 4.74 Å². The molecule has 1 aliphatic heterocycles. The molecule has 0 aromatic heterocycles. The third kappa shape index (κ3) is 2.85. The molecule has 100 valence electrons. The van der Waals surface area contributed by atoms with Crippen LogP contribution < -0.4 is 5.32 Å². The normalized spacial score (nSPS) is 25.3. The van der Waals surface area contributed by atoms with Gasteiger partial charge < -0.3 is 10.1 Å². The van der Waals surface area contributed by atoms with Gasteiger partial charge in [0.15, 0.2) is 0 Å². The molecule has 0 radical (unpaired) electrons. The van der Waals surface area contributed by atoms with Crippen LogP contribution >= 0.6 is 11.6 Å². The van der Waals surface area contributed by atoms with Crippen molar-refractivity contribution in [1.29, 1.82) is 0 Å². The molecule has 3 atom stereocenters. The Labute approximate surface area is 112 Å². The third-order valence-corrected chi connectivity index (χ3v) is 3.82. The average Bonchev–Trinajstić information content (AvgIpc) is 2.73. The first-order valence-corrected chi connectivity index (χ1v) is 6.81. The second-order valence-electron chi connectivity index (χ2n) is 4.73. The number of halogens is 2. The van der Waals surface area contributed by atoms with Gasteiger partial charge >= 0.3 is 0 Å². The Morgan fingerprint density at radius 3 is 2.89 bits per heavy atom. The molecule has 1 aromatic carbocycles. The van der Waals surface area contributed by atoms with Gasteiger partial charge in [-0.15, -0.1) is 0 Å². The summed E-state index contributed by atoms with van der Waals surface area (Å²) in [5.74, 6) is 0.0631. The minimum Gasteiger partial charge on any atom is -0.378 e. The van der Waals surface area contributed by atoms with Crippen LogP contribution in [0.15, 0.2) is 18.2 Å². The quantitative estimate of drug-likeness (QED) is 0.904. The van der Waals surface area contributed by atoms with Crippen molar-refractivity contribution >= 4 is 11.6 Å². The topological polar surface area (TPSA) is 21.3 Å². The van der Waals surface area contributed by atoms with Gasteiger partial charge in [0.25, 0.3) is 0 Å². The van der Waals surface area contributed by atoms with Gasteiger partial charge in [0, 0.05) is 29.2 Å². The van der Waals surface area contributed by atoms with Gasteiger partial charge in [0.2, 0.25) is 0 Å². The van der Waals surface area contributed by atoms with Crippen molar-refractivity contribution in [2.75, 3.05) is 13.2 Å². The smallest absolute Gasteiger partial charge is 0.129 e. The highest BCUT2D eigenvalue weighted by molar-refractivity contribution is 6.30. The summed E-state index contributed by atoms with van der Waals surface area (Å²) in [4.78, 5) is 0. The highest BCUT2D eigenvalue weighted by Gasteiger charge is 2.33. The van der Waals surface area contributed by atoms with Gasteiger partial charge in [-0.05, 0) is 32.0 Å². The van der Waals surface area contributed by atoms with E-state index in [2.05, 4.69) is 12.2 Å². The zero-order chi connectivity index (χ0) is 13.1. The Kier molecular flexibility index (Phi) is 4.60. The minimum atomic E-state index is -0.243. The summed E-state index contributed by atoms with van der Waals surface area (Å²) < 4.78 is 19.6. The Balaban J connectivity index is 2.28. The van der Waals surface area contributed by atoms with Crippen LogP contribution in [0.25, 0.3) is 0 Å². The van der Waals surface area contributed by atoms with Crippen LogP contribution in [0.3, 0.4) is 0 Å². The van der Waals surface area contributed by atoms with E-state index < -0.39 is 0 Å². The molecule has 0 saturated carbocycles. The second-order valence-corrected chi connectivity index (χ2v) is 5.17. The lowest BCUT2D eigenvalue weighted by atomic mass is 9.88. The van der Waals surface area contributed by atoms with Gasteiger partial charge in [0.1, 0.15) is 5.82 Å². The maximum atomic E-state index is 14.0.